The summed E-state index contributed by atoms with van der Waals surface area (Å²) in [5, 5.41) is 0.938. The normalized spacial score (nSPS) is 19.2. The SMILES string of the molecule is Cc1cc2sc(C(=O)N3CCSCC3C)c(N)c2c(C)n1. The largest absolute Gasteiger partial charge is 0.397 e. The van der Waals surface area contributed by atoms with Crippen molar-refractivity contribution in [2.24, 2.45) is 0 Å². The molecule has 1 unspecified atom stereocenters. The molecule has 1 aliphatic rings. The number of anilines is 1. The van der Waals surface area contributed by atoms with E-state index in [-0.39, 0.29) is 11.9 Å². The number of pyridine rings is 1. The van der Waals surface area contributed by atoms with Crippen molar-refractivity contribution >= 4 is 44.8 Å². The van der Waals surface area contributed by atoms with Crippen molar-refractivity contribution in [2.45, 2.75) is 26.8 Å². The topological polar surface area (TPSA) is 59.2 Å². The van der Waals surface area contributed by atoms with Crippen LogP contribution in [0.5, 0.6) is 0 Å². The van der Waals surface area contributed by atoms with Gasteiger partial charge in [0.25, 0.3) is 5.91 Å². The molecule has 4 nitrogen and oxygen atoms in total. The molecule has 3 heterocycles. The van der Waals surface area contributed by atoms with Gasteiger partial charge in [-0.1, -0.05) is 0 Å². The number of thioether (sulfide) groups is 1. The van der Waals surface area contributed by atoms with E-state index in [9.17, 15) is 4.79 Å². The maximum absolute atomic E-state index is 12.8. The van der Waals surface area contributed by atoms with Gasteiger partial charge in [0.1, 0.15) is 4.88 Å². The van der Waals surface area contributed by atoms with Crippen LogP contribution in [0, 0.1) is 13.8 Å². The number of nitrogens with zero attached hydrogens (tertiary/aromatic N) is 2. The highest BCUT2D eigenvalue weighted by molar-refractivity contribution is 7.99. The van der Waals surface area contributed by atoms with Crippen molar-refractivity contribution in [1.82, 2.24) is 9.88 Å². The quantitative estimate of drug-likeness (QED) is 0.877. The van der Waals surface area contributed by atoms with E-state index in [2.05, 4.69) is 11.9 Å². The summed E-state index contributed by atoms with van der Waals surface area (Å²) in [5.41, 5.74) is 8.72. The van der Waals surface area contributed by atoms with Gasteiger partial charge in [-0.05, 0) is 26.8 Å². The maximum atomic E-state index is 12.8. The van der Waals surface area contributed by atoms with Crippen LogP contribution in [0.25, 0.3) is 10.1 Å². The summed E-state index contributed by atoms with van der Waals surface area (Å²) in [7, 11) is 0. The molecule has 1 atom stereocenters. The van der Waals surface area contributed by atoms with Gasteiger partial charge >= 0.3 is 0 Å². The second-order valence-electron chi connectivity index (χ2n) is 5.49. The minimum Gasteiger partial charge on any atom is -0.397 e. The Kier molecular flexibility index (Phi) is 3.84. The summed E-state index contributed by atoms with van der Waals surface area (Å²) >= 11 is 3.39. The second kappa shape index (κ2) is 5.50. The number of carbonyl (C=O) groups excluding carboxylic acids is 1. The van der Waals surface area contributed by atoms with Gasteiger partial charge in [-0.3, -0.25) is 9.78 Å². The van der Waals surface area contributed by atoms with E-state index in [1.54, 1.807) is 0 Å². The highest BCUT2D eigenvalue weighted by atomic mass is 32.2. The minimum atomic E-state index is 0.0681. The van der Waals surface area contributed by atoms with Crippen LogP contribution in [-0.2, 0) is 0 Å². The lowest BCUT2D eigenvalue weighted by atomic mass is 10.2. The van der Waals surface area contributed by atoms with Gasteiger partial charge in [0.2, 0.25) is 0 Å². The Balaban J connectivity index is 2.06. The molecule has 2 aromatic heterocycles. The fourth-order valence-electron chi connectivity index (χ4n) is 2.80. The molecule has 1 amide bonds. The van der Waals surface area contributed by atoms with Crippen LogP contribution >= 0.6 is 23.1 Å². The number of fused-ring (bicyclic) bond motifs is 1. The van der Waals surface area contributed by atoms with E-state index in [4.69, 9.17) is 5.73 Å². The molecule has 0 bridgehead atoms. The second-order valence-corrected chi connectivity index (χ2v) is 7.69. The molecular weight excluding hydrogens is 302 g/mol. The fraction of sp³-hybridized carbons (Fsp3) is 0.467. The van der Waals surface area contributed by atoms with Crippen LogP contribution in [0.2, 0.25) is 0 Å². The highest BCUT2D eigenvalue weighted by Crippen LogP contribution is 2.37. The van der Waals surface area contributed by atoms with Crippen molar-refractivity contribution in [3.8, 4) is 0 Å². The molecule has 0 aliphatic carbocycles. The predicted molar refractivity (Wildman–Crippen MR) is 91.3 cm³/mol. The van der Waals surface area contributed by atoms with Crippen molar-refractivity contribution in [3.05, 3.63) is 22.3 Å². The van der Waals surface area contributed by atoms with Gasteiger partial charge in [-0.15, -0.1) is 11.3 Å². The summed E-state index contributed by atoms with van der Waals surface area (Å²) in [6.07, 6.45) is 0. The lowest BCUT2D eigenvalue weighted by Crippen LogP contribution is -2.44. The van der Waals surface area contributed by atoms with Crippen LogP contribution in [0.4, 0.5) is 5.69 Å². The molecule has 3 rings (SSSR count). The number of rotatable bonds is 1. The molecule has 1 saturated heterocycles. The van der Waals surface area contributed by atoms with Crippen molar-refractivity contribution in [2.75, 3.05) is 23.8 Å². The number of nitrogens with two attached hydrogens (primary N) is 1. The van der Waals surface area contributed by atoms with Gasteiger partial charge in [0.05, 0.1) is 5.69 Å². The zero-order valence-corrected chi connectivity index (χ0v) is 14.1. The lowest BCUT2D eigenvalue weighted by molar-refractivity contribution is 0.0722. The van der Waals surface area contributed by atoms with Crippen molar-refractivity contribution in [1.29, 1.82) is 0 Å². The predicted octanol–water partition coefficient (Wildman–Crippen LogP) is 3.07. The molecular formula is C15H19N3OS2. The van der Waals surface area contributed by atoms with Gasteiger partial charge in [-0.2, -0.15) is 11.8 Å². The van der Waals surface area contributed by atoms with Crippen LogP contribution in [0.1, 0.15) is 28.0 Å². The highest BCUT2D eigenvalue weighted by Gasteiger charge is 2.28. The zero-order chi connectivity index (χ0) is 15.1. The van der Waals surface area contributed by atoms with Crippen LogP contribution in [0.15, 0.2) is 6.07 Å². The minimum absolute atomic E-state index is 0.0681. The van der Waals surface area contributed by atoms with Gasteiger partial charge < -0.3 is 10.6 Å². The standard InChI is InChI=1S/C15H19N3OS2/c1-8-6-11-12(10(3)17-8)13(16)14(21-11)15(19)18-4-5-20-7-9(18)2/h6,9H,4-5,7,16H2,1-3H3. The van der Waals surface area contributed by atoms with Crippen molar-refractivity contribution < 1.29 is 4.79 Å². The third kappa shape index (κ3) is 2.51. The monoisotopic (exact) mass is 321 g/mol. The zero-order valence-electron chi connectivity index (χ0n) is 12.5. The Bertz CT molecular complexity index is 710. The van der Waals surface area contributed by atoms with E-state index < -0.39 is 0 Å². The Morgan fingerprint density at radius 3 is 2.95 bits per heavy atom. The Labute approximate surface area is 132 Å². The molecule has 2 aromatic rings. The average Bonchev–Trinajstić information content (AvgIpc) is 2.75. The molecule has 1 aliphatic heterocycles. The summed E-state index contributed by atoms with van der Waals surface area (Å²) in [6, 6.07) is 2.28. The van der Waals surface area contributed by atoms with E-state index in [1.807, 2.05) is 36.6 Å². The Morgan fingerprint density at radius 1 is 1.48 bits per heavy atom. The lowest BCUT2D eigenvalue weighted by Gasteiger charge is -2.32. The van der Waals surface area contributed by atoms with E-state index in [1.165, 1.54) is 11.3 Å². The molecule has 112 valence electrons. The smallest absolute Gasteiger partial charge is 0.266 e. The van der Waals surface area contributed by atoms with E-state index in [0.717, 1.165) is 39.5 Å². The molecule has 0 aromatic carbocycles. The molecule has 6 heteroatoms. The molecule has 0 saturated carbocycles. The number of aryl methyl sites for hydroxylation is 2. The number of aromatic nitrogens is 1. The number of hydrogen-bond donors (Lipinski definition) is 1. The van der Waals surface area contributed by atoms with E-state index in [0.29, 0.717) is 10.6 Å². The van der Waals surface area contributed by atoms with Gasteiger partial charge in [-0.25, -0.2) is 0 Å². The first-order valence-electron chi connectivity index (χ1n) is 7.04. The van der Waals surface area contributed by atoms with E-state index >= 15 is 0 Å². The number of thiophene rings is 1. The summed E-state index contributed by atoms with van der Waals surface area (Å²) in [4.78, 5) is 19.9. The van der Waals surface area contributed by atoms with Crippen LogP contribution in [-0.4, -0.2) is 39.9 Å². The van der Waals surface area contributed by atoms with Gasteiger partial charge in [0, 0.05) is 45.6 Å². The molecule has 21 heavy (non-hydrogen) atoms. The summed E-state index contributed by atoms with van der Waals surface area (Å²) in [6.45, 7) is 6.82. The fourth-order valence-corrected chi connectivity index (χ4v) is 5.04. The molecule has 1 fully saturated rings. The number of hydrogen-bond acceptors (Lipinski definition) is 5. The maximum Gasteiger partial charge on any atom is 0.266 e. The number of amides is 1. The average molecular weight is 321 g/mol. The Hall–Kier alpha value is -1.27. The van der Waals surface area contributed by atoms with Crippen LogP contribution in [0.3, 0.4) is 0 Å². The molecule has 2 N–H and O–H groups in total. The molecule has 0 spiro atoms. The number of carbonyl (C=O) groups is 1. The first kappa shape index (κ1) is 14.7. The summed E-state index contributed by atoms with van der Waals surface area (Å²) < 4.78 is 1.06. The third-order valence-corrected chi connectivity index (χ3v) is 6.17. The Morgan fingerprint density at radius 2 is 2.24 bits per heavy atom. The first-order chi connectivity index (χ1) is 9.99. The summed E-state index contributed by atoms with van der Waals surface area (Å²) in [5.74, 6) is 2.06. The van der Waals surface area contributed by atoms with Crippen molar-refractivity contribution in [3.63, 3.8) is 0 Å². The van der Waals surface area contributed by atoms with Crippen LogP contribution < -0.4 is 5.73 Å². The molecule has 0 radical (unpaired) electrons. The third-order valence-electron chi connectivity index (χ3n) is 3.84. The first-order valence-corrected chi connectivity index (χ1v) is 9.01. The van der Waals surface area contributed by atoms with Gasteiger partial charge in [0.15, 0.2) is 0 Å². The number of nitrogen functional groups attached to an aromatic ring is 1.